The van der Waals surface area contributed by atoms with E-state index < -0.39 is 22.6 Å². The maximum absolute atomic E-state index is 13.6. The molecule has 0 radical (unpaired) electrons. The predicted molar refractivity (Wildman–Crippen MR) is 122 cm³/mol. The summed E-state index contributed by atoms with van der Waals surface area (Å²) in [7, 11) is 0. The summed E-state index contributed by atoms with van der Waals surface area (Å²) < 4.78 is 28.4. The molecule has 172 valence electrons. The van der Waals surface area contributed by atoms with E-state index in [0.717, 1.165) is 17.8 Å². The van der Waals surface area contributed by atoms with Gasteiger partial charge in [0.25, 0.3) is 5.69 Å². The highest BCUT2D eigenvalue weighted by atomic mass is 19.2. The topological polar surface area (TPSA) is 90.1 Å². The van der Waals surface area contributed by atoms with Crippen LogP contribution in [0, 0.1) is 21.7 Å². The van der Waals surface area contributed by atoms with Crippen molar-refractivity contribution < 1.29 is 18.5 Å². The molecule has 0 aliphatic carbocycles. The highest BCUT2D eigenvalue weighted by Crippen LogP contribution is 2.26. The first-order valence-corrected chi connectivity index (χ1v) is 10.4. The van der Waals surface area contributed by atoms with Gasteiger partial charge in [0.05, 0.1) is 28.8 Å². The molecule has 0 aliphatic rings. The van der Waals surface area contributed by atoms with E-state index in [1.807, 2.05) is 30.3 Å². The number of amides is 1. The third kappa shape index (κ3) is 4.98. The molecular weight excluding hydrogens is 442 g/mol. The average Bonchev–Trinajstić information content (AvgIpc) is 3.25. The van der Waals surface area contributed by atoms with Gasteiger partial charge in [-0.25, -0.2) is 13.5 Å². The number of nitro groups is 1. The number of nitrogens with one attached hydrogen (secondary N) is 1. The molecule has 1 heterocycles. The second kappa shape index (κ2) is 9.62. The van der Waals surface area contributed by atoms with Gasteiger partial charge in [0.2, 0.25) is 5.91 Å². The van der Waals surface area contributed by atoms with Crippen LogP contribution in [-0.2, 0) is 11.2 Å². The Labute approximate surface area is 193 Å². The number of nitro benzene ring substituents is 1. The first-order valence-electron chi connectivity index (χ1n) is 10.4. The van der Waals surface area contributed by atoms with Crippen molar-refractivity contribution >= 4 is 11.6 Å². The minimum Gasteiger partial charge on any atom is -0.349 e. The van der Waals surface area contributed by atoms with E-state index in [-0.39, 0.29) is 18.0 Å². The average molecular weight is 462 g/mol. The van der Waals surface area contributed by atoms with Gasteiger partial charge in [-0.05, 0) is 48.9 Å². The van der Waals surface area contributed by atoms with E-state index in [1.165, 1.54) is 18.2 Å². The largest absolute Gasteiger partial charge is 0.349 e. The summed E-state index contributed by atoms with van der Waals surface area (Å²) in [5.41, 5.74) is 2.90. The van der Waals surface area contributed by atoms with Crippen molar-refractivity contribution in [3.05, 3.63) is 112 Å². The van der Waals surface area contributed by atoms with Crippen LogP contribution in [0.5, 0.6) is 0 Å². The first-order chi connectivity index (χ1) is 16.3. The lowest BCUT2D eigenvalue weighted by Crippen LogP contribution is -2.28. The number of para-hydroxylation sites is 1. The molecule has 0 spiro atoms. The molecule has 0 bridgehead atoms. The molecule has 7 nitrogen and oxygen atoms in total. The Kier molecular flexibility index (Phi) is 6.44. The molecule has 4 rings (SSSR count). The molecule has 1 atom stereocenters. The van der Waals surface area contributed by atoms with Crippen LogP contribution in [0.1, 0.15) is 24.1 Å². The third-order valence-corrected chi connectivity index (χ3v) is 5.33. The number of nitrogens with zero attached hydrogens (tertiary/aromatic N) is 3. The van der Waals surface area contributed by atoms with E-state index in [1.54, 1.807) is 29.9 Å². The molecule has 1 aromatic heterocycles. The molecule has 0 aliphatic heterocycles. The molecule has 1 amide bonds. The molecular formula is C25H20F2N4O3. The number of carbonyl (C=O) groups is 1. The standard InChI is InChI=1S/C25H20F2N4O3/c1-16(18-9-12-22(26)23(27)13-18)28-24(32)14-19-15-30(20-5-3-2-4-6-20)29-25(19)17-7-10-21(11-8-17)31(33)34/h2-13,15-16H,14H2,1H3,(H,28,32). The van der Waals surface area contributed by atoms with Gasteiger partial charge in [-0.2, -0.15) is 5.10 Å². The highest BCUT2D eigenvalue weighted by molar-refractivity contribution is 5.81. The quantitative estimate of drug-likeness (QED) is 0.304. The number of rotatable bonds is 7. The fourth-order valence-electron chi connectivity index (χ4n) is 3.57. The number of halogens is 2. The summed E-state index contributed by atoms with van der Waals surface area (Å²) >= 11 is 0. The van der Waals surface area contributed by atoms with Crippen molar-refractivity contribution in [2.75, 3.05) is 0 Å². The summed E-state index contributed by atoms with van der Waals surface area (Å²) in [6.07, 6.45) is 1.70. The normalized spacial score (nSPS) is 11.7. The van der Waals surface area contributed by atoms with Crippen molar-refractivity contribution in [3.8, 4) is 16.9 Å². The summed E-state index contributed by atoms with van der Waals surface area (Å²) in [4.78, 5) is 23.3. The zero-order valence-corrected chi connectivity index (χ0v) is 18.1. The van der Waals surface area contributed by atoms with Crippen molar-refractivity contribution in [1.82, 2.24) is 15.1 Å². The molecule has 0 fully saturated rings. The summed E-state index contributed by atoms with van der Waals surface area (Å²) in [5.74, 6) is -2.28. The zero-order valence-electron chi connectivity index (χ0n) is 18.1. The van der Waals surface area contributed by atoms with Gasteiger partial charge in [-0.15, -0.1) is 0 Å². The maximum atomic E-state index is 13.6. The van der Waals surface area contributed by atoms with Crippen LogP contribution in [0.15, 0.2) is 79.0 Å². The van der Waals surface area contributed by atoms with E-state index >= 15 is 0 Å². The number of hydrogen-bond donors (Lipinski definition) is 1. The van der Waals surface area contributed by atoms with Gasteiger partial charge < -0.3 is 5.32 Å². The minimum absolute atomic E-state index is 0.0346. The Hall–Kier alpha value is -4.40. The second-order valence-electron chi connectivity index (χ2n) is 7.73. The maximum Gasteiger partial charge on any atom is 0.269 e. The SMILES string of the molecule is CC(NC(=O)Cc1cn(-c2ccccc2)nc1-c1ccc([N+](=O)[O-])cc1)c1ccc(F)c(F)c1. The monoisotopic (exact) mass is 462 g/mol. The fourth-order valence-corrected chi connectivity index (χ4v) is 3.57. The Morgan fingerprint density at radius 2 is 1.76 bits per heavy atom. The van der Waals surface area contributed by atoms with E-state index in [0.29, 0.717) is 22.4 Å². The number of benzene rings is 3. The van der Waals surface area contributed by atoms with Gasteiger partial charge in [-0.1, -0.05) is 24.3 Å². The molecule has 0 saturated heterocycles. The third-order valence-electron chi connectivity index (χ3n) is 5.33. The van der Waals surface area contributed by atoms with Gasteiger partial charge >= 0.3 is 0 Å². The van der Waals surface area contributed by atoms with Crippen molar-refractivity contribution in [1.29, 1.82) is 0 Å². The Balaban J connectivity index is 1.61. The Morgan fingerprint density at radius 3 is 2.41 bits per heavy atom. The van der Waals surface area contributed by atoms with E-state index in [4.69, 9.17) is 0 Å². The van der Waals surface area contributed by atoms with Crippen molar-refractivity contribution in [2.24, 2.45) is 0 Å². The van der Waals surface area contributed by atoms with Crippen LogP contribution < -0.4 is 5.32 Å². The Morgan fingerprint density at radius 1 is 1.06 bits per heavy atom. The van der Waals surface area contributed by atoms with Crippen molar-refractivity contribution in [3.63, 3.8) is 0 Å². The predicted octanol–water partition coefficient (Wildman–Crippen LogP) is 5.15. The highest BCUT2D eigenvalue weighted by Gasteiger charge is 2.18. The molecule has 0 saturated carbocycles. The molecule has 1 unspecified atom stereocenters. The second-order valence-corrected chi connectivity index (χ2v) is 7.73. The fraction of sp³-hybridized carbons (Fsp3) is 0.120. The Bertz CT molecular complexity index is 1340. The van der Waals surface area contributed by atoms with Crippen LogP contribution in [0.3, 0.4) is 0 Å². The summed E-state index contributed by atoms with van der Waals surface area (Å²) in [6.45, 7) is 1.68. The van der Waals surface area contributed by atoms with Gasteiger partial charge in [0, 0.05) is 29.5 Å². The molecule has 1 N–H and O–H groups in total. The lowest BCUT2D eigenvalue weighted by Gasteiger charge is -2.14. The van der Waals surface area contributed by atoms with Crippen LogP contribution in [0.25, 0.3) is 16.9 Å². The summed E-state index contributed by atoms with van der Waals surface area (Å²) in [5, 5.41) is 18.4. The van der Waals surface area contributed by atoms with Crippen LogP contribution >= 0.6 is 0 Å². The van der Waals surface area contributed by atoms with E-state index in [9.17, 15) is 23.7 Å². The zero-order chi connectivity index (χ0) is 24.2. The first kappa shape index (κ1) is 22.8. The smallest absolute Gasteiger partial charge is 0.269 e. The lowest BCUT2D eigenvalue weighted by molar-refractivity contribution is -0.384. The van der Waals surface area contributed by atoms with Crippen LogP contribution in [-0.4, -0.2) is 20.6 Å². The minimum atomic E-state index is -0.983. The number of non-ortho nitro benzene ring substituents is 1. The van der Waals surface area contributed by atoms with Crippen LogP contribution in [0.2, 0.25) is 0 Å². The molecule has 3 aromatic carbocycles. The number of aromatic nitrogens is 2. The lowest BCUT2D eigenvalue weighted by atomic mass is 10.0. The number of carbonyl (C=O) groups excluding carboxylic acids is 1. The van der Waals surface area contributed by atoms with Crippen molar-refractivity contribution in [2.45, 2.75) is 19.4 Å². The van der Waals surface area contributed by atoms with E-state index in [2.05, 4.69) is 10.4 Å². The van der Waals surface area contributed by atoms with Gasteiger partial charge in [-0.3, -0.25) is 14.9 Å². The van der Waals surface area contributed by atoms with Gasteiger partial charge in [0.1, 0.15) is 0 Å². The molecule has 4 aromatic rings. The van der Waals surface area contributed by atoms with Crippen LogP contribution in [0.4, 0.5) is 14.5 Å². The molecule has 9 heteroatoms. The molecule has 34 heavy (non-hydrogen) atoms. The summed E-state index contributed by atoms with van der Waals surface area (Å²) in [6, 6.07) is 18.2. The number of hydrogen-bond acceptors (Lipinski definition) is 4. The van der Waals surface area contributed by atoms with Gasteiger partial charge in [0.15, 0.2) is 11.6 Å².